The third kappa shape index (κ3) is 7.86. The first kappa shape index (κ1) is 13.2. The second kappa shape index (κ2) is 8.81. The summed E-state index contributed by atoms with van der Waals surface area (Å²) in [5.74, 6) is 0. The zero-order valence-electron chi connectivity index (χ0n) is 9.21. The van der Waals surface area contributed by atoms with E-state index in [1.165, 1.54) is 0 Å². The summed E-state index contributed by atoms with van der Waals surface area (Å²) in [5, 5.41) is 2.67. The predicted octanol–water partition coefficient (Wildman–Crippen LogP) is 1.64. The van der Waals surface area contributed by atoms with Gasteiger partial charge in [0.25, 0.3) is 0 Å². The fourth-order valence-electron chi connectivity index (χ4n) is 0.925. The van der Waals surface area contributed by atoms with Gasteiger partial charge in [0.15, 0.2) is 0 Å². The maximum atomic E-state index is 11.0. The number of carbonyl (C=O) groups excluding carboxylic acids is 1. The van der Waals surface area contributed by atoms with Gasteiger partial charge in [-0.2, -0.15) is 0 Å². The van der Waals surface area contributed by atoms with Crippen molar-refractivity contribution < 1.29 is 9.53 Å². The molecule has 0 bridgehead atoms. The van der Waals surface area contributed by atoms with E-state index in [2.05, 4.69) is 12.2 Å². The van der Waals surface area contributed by atoms with Gasteiger partial charge in [-0.3, -0.25) is 0 Å². The van der Waals surface area contributed by atoms with Crippen molar-refractivity contribution in [3.63, 3.8) is 0 Å². The van der Waals surface area contributed by atoms with Crippen LogP contribution >= 0.6 is 0 Å². The van der Waals surface area contributed by atoms with E-state index >= 15 is 0 Å². The van der Waals surface area contributed by atoms with Gasteiger partial charge in [0.1, 0.15) is 0 Å². The van der Waals surface area contributed by atoms with Crippen LogP contribution in [0.3, 0.4) is 0 Å². The molecule has 0 spiro atoms. The number of hydrogen-bond donors (Lipinski definition) is 2. The fourth-order valence-corrected chi connectivity index (χ4v) is 0.925. The van der Waals surface area contributed by atoms with Gasteiger partial charge in [-0.25, -0.2) is 4.79 Å². The monoisotopic (exact) mass is 202 g/mol. The Morgan fingerprint density at radius 3 is 2.79 bits per heavy atom. The van der Waals surface area contributed by atoms with E-state index in [4.69, 9.17) is 10.5 Å². The lowest BCUT2D eigenvalue weighted by atomic mass is 10.2. The van der Waals surface area contributed by atoms with Crippen molar-refractivity contribution in [3.05, 3.63) is 0 Å². The highest BCUT2D eigenvalue weighted by Gasteiger charge is 2.02. The summed E-state index contributed by atoms with van der Waals surface area (Å²) in [7, 11) is 0. The molecule has 3 N–H and O–H groups in total. The van der Waals surface area contributed by atoms with Crippen LogP contribution in [0.2, 0.25) is 0 Å². The molecule has 0 aliphatic rings. The number of ether oxygens (including phenoxy) is 1. The Kier molecular flexibility index (Phi) is 8.33. The van der Waals surface area contributed by atoms with Crippen molar-refractivity contribution in [3.8, 4) is 0 Å². The first-order valence-electron chi connectivity index (χ1n) is 5.36. The molecule has 0 heterocycles. The molecule has 14 heavy (non-hydrogen) atoms. The van der Waals surface area contributed by atoms with Gasteiger partial charge in [-0.1, -0.05) is 20.3 Å². The maximum Gasteiger partial charge on any atom is 0.407 e. The minimum absolute atomic E-state index is 0.137. The minimum atomic E-state index is -0.332. The van der Waals surface area contributed by atoms with E-state index in [1.54, 1.807) is 0 Å². The highest BCUT2D eigenvalue weighted by molar-refractivity contribution is 5.66. The lowest BCUT2D eigenvalue weighted by Crippen LogP contribution is -2.27. The average molecular weight is 202 g/mol. The van der Waals surface area contributed by atoms with E-state index in [9.17, 15) is 4.79 Å². The van der Waals surface area contributed by atoms with Crippen molar-refractivity contribution in [1.82, 2.24) is 5.32 Å². The topological polar surface area (TPSA) is 64.3 Å². The van der Waals surface area contributed by atoms with Crippen molar-refractivity contribution in [2.45, 2.75) is 45.6 Å². The van der Waals surface area contributed by atoms with Crippen LogP contribution in [-0.4, -0.2) is 25.3 Å². The van der Waals surface area contributed by atoms with Crippen LogP contribution in [-0.2, 0) is 4.74 Å². The summed E-state index contributed by atoms with van der Waals surface area (Å²) in [6.45, 7) is 5.20. The van der Waals surface area contributed by atoms with Crippen LogP contribution in [0, 0.1) is 0 Å². The number of unbranched alkanes of at least 4 members (excludes halogenated alkanes) is 1. The average Bonchev–Trinajstić information content (AvgIpc) is 2.18. The van der Waals surface area contributed by atoms with Gasteiger partial charge in [-0.15, -0.1) is 0 Å². The Labute approximate surface area is 86.2 Å². The van der Waals surface area contributed by atoms with Crippen LogP contribution < -0.4 is 11.1 Å². The molecule has 0 aromatic rings. The molecule has 0 fully saturated rings. The largest absolute Gasteiger partial charge is 0.450 e. The molecule has 0 aromatic carbocycles. The molecule has 84 valence electrons. The number of nitrogens with two attached hydrogens (primary N) is 1. The third-order valence-corrected chi connectivity index (χ3v) is 2.05. The van der Waals surface area contributed by atoms with E-state index in [0.29, 0.717) is 13.2 Å². The Hall–Kier alpha value is -0.770. The lowest BCUT2D eigenvalue weighted by Gasteiger charge is -2.09. The molecule has 0 rings (SSSR count). The number of alkyl carbamates (subject to hydrolysis) is 1. The first-order valence-corrected chi connectivity index (χ1v) is 5.36. The molecule has 1 unspecified atom stereocenters. The van der Waals surface area contributed by atoms with E-state index in [-0.39, 0.29) is 12.1 Å². The van der Waals surface area contributed by atoms with Gasteiger partial charge in [0.05, 0.1) is 6.61 Å². The smallest absolute Gasteiger partial charge is 0.407 e. The highest BCUT2D eigenvalue weighted by atomic mass is 16.5. The van der Waals surface area contributed by atoms with Crippen molar-refractivity contribution in [2.75, 3.05) is 13.2 Å². The quantitative estimate of drug-likeness (QED) is 0.617. The van der Waals surface area contributed by atoms with E-state index < -0.39 is 0 Å². The summed E-state index contributed by atoms with van der Waals surface area (Å²) >= 11 is 0. The molecule has 0 saturated heterocycles. The van der Waals surface area contributed by atoms with Gasteiger partial charge < -0.3 is 15.8 Å². The summed E-state index contributed by atoms with van der Waals surface area (Å²) in [5.41, 5.74) is 5.67. The number of carbonyl (C=O) groups is 1. The Morgan fingerprint density at radius 2 is 2.21 bits per heavy atom. The van der Waals surface area contributed by atoms with Crippen molar-refractivity contribution in [2.24, 2.45) is 5.73 Å². The number of amides is 1. The summed E-state index contributed by atoms with van der Waals surface area (Å²) in [4.78, 5) is 11.0. The van der Waals surface area contributed by atoms with Gasteiger partial charge in [0, 0.05) is 12.6 Å². The van der Waals surface area contributed by atoms with Crippen LogP contribution in [0.15, 0.2) is 0 Å². The van der Waals surface area contributed by atoms with Crippen molar-refractivity contribution in [1.29, 1.82) is 0 Å². The van der Waals surface area contributed by atoms with Crippen LogP contribution in [0.1, 0.15) is 39.5 Å². The molecular formula is C10H22N2O2. The van der Waals surface area contributed by atoms with Crippen molar-refractivity contribution >= 4 is 6.09 Å². The van der Waals surface area contributed by atoms with Crippen LogP contribution in [0.5, 0.6) is 0 Å². The van der Waals surface area contributed by atoms with Gasteiger partial charge in [0.2, 0.25) is 0 Å². The van der Waals surface area contributed by atoms with Gasteiger partial charge >= 0.3 is 6.09 Å². The summed E-state index contributed by atoms with van der Waals surface area (Å²) in [6.07, 6.45) is 3.38. The first-order chi connectivity index (χ1) is 6.70. The molecule has 0 aliphatic carbocycles. The van der Waals surface area contributed by atoms with E-state index in [0.717, 1.165) is 25.7 Å². The number of nitrogens with one attached hydrogen (secondary N) is 1. The van der Waals surface area contributed by atoms with Crippen LogP contribution in [0.25, 0.3) is 0 Å². The second-order valence-electron chi connectivity index (χ2n) is 3.37. The van der Waals surface area contributed by atoms with Crippen LogP contribution in [0.4, 0.5) is 4.79 Å². The molecule has 1 atom stereocenters. The van der Waals surface area contributed by atoms with E-state index in [1.807, 2.05) is 6.92 Å². The normalized spacial score (nSPS) is 12.2. The lowest BCUT2D eigenvalue weighted by molar-refractivity contribution is 0.142. The molecule has 4 heteroatoms. The molecule has 0 saturated carbocycles. The standard InChI is InChI=1S/C10H22N2O2/c1-3-5-7-12-10(13)14-8-6-9(11)4-2/h9H,3-8,11H2,1-2H3,(H,12,13). The number of hydrogen-bond acceptors (Lipinski definition) is 3. The molecular weight excluding hydrogens is 180 g/mol. The molecule has 0 aliphatic heterocycles. The SMILES string of the molecule is CCCCNC(=O)OCCC(N)CC. The molecule has 4 nitrogen and oxygen atoms in total. The second-order valence-corrected chi connectivity index (χ2v) is 3.37. The predicted molar refractivity (Wildman–Crippen MR) is 57.1 cm³/mol. The molecule has 0 aromatic heterocycles. The highest BCUT2D eigenvalue weighted by Crippen LogP contribution is 1.94. The third-order valence-electron chi connectivity index (χ3n) is 2.05. The maximum absolute atomic E-state index is 11.0. The zero-order chi connectivity index (χ0) is 10.8. The van der Waals surface area contributed by atoms with Gasteiger partial charge in [-0.05, 0) is 19.3 Å². The Balaban J connectivity index is 3.26. The summed E-state index contributed by atoms with van der Waals surface area (Å²) in [6, 6.07) is 0.137. The zero-order valence-corrected chi connectivity index (χ0v) is 9.21. The molecule has 0 radical (unpaired) electrons. The minimum Gasteiger partial charge on any atom is -0.450 e. The Morgan fingerprint density at radius 1 is 1.50 bits per heavy atom. The Bertz CT molecular complexity index is 151. The molecule has 1 amide bonds. The fraction of sp³-hybridized carbons (Fsp3) is 0.900. The number of rotatable bonds is 7. The summed E-state index contributed by atoms with van der Waals surface area (Å²) < 4.78 is 4.93.